The second-order valence-electron chi connectivity index (χ2n) is 7.70. The topological polar surface area (TPSA) is 64.3 Å². The molecule has 0 saturated carbocycles. The highest BCUT2D eigenvalue weighted by Gasteiger charge is 2.24. The minimum atomic E-state index is -0.303. The van der Waals surface area contributed by atoms with Crippen molar-refractivity contribution in [3.05, 3.63) is 64.0 Å². The van der Waals surface area contributed by atoms with Crippen LogP contribution in [0.3, 0.4) is 0 Å². The molecule has 0 unspecified atom stereocenters. The second kappa shape index (κ2) is 7.48. The van der Waals surface area contributed by atoms with Gasteiger partial charge in [-0.1, -0.05) is 24.3 Å². The molecule has 1 fully saturated rings. The van der Waals surface area contributed by atoms with E-state index in [2.05, 4.69) is 25.1 Å². The van der Waals surface area contributed by atoms with Gasteiger partial charge >= 0.3 is 5.69 Å². The molecule has 7 heteroatoms. The number of H-pyrrole nitrogens is 1. The predicted molar refractivity (Wildman–Crippen MR) is 113 cm³/mol. The number of halogens is 1. The summed E-state index contributed by atoms with van der Waals surface area (Å²) in [7, 11) is 0. The highest BCUT2D eigenvalue weighted by Crippen LogP contribution is 2.32. The summed E-state index contributed by atoms with van der Waals surface area (Å²) in [6, 6.07) is 10.9. The molecule has 3 aromatic rings. The van der Waals surface area contributed by atoms with Crippen molar-refractivity contribution in [2.24, 2.45) is 0 Å². The summed E-state index contributed by atoms with van der Waals surface area (Å²) < 4.78 is 14.3. The van der Waals surface area contributed by atoms with Gasteiger partial charge in [-0.15, -0.1) is 0 Å². The maximum atomic E-state index is 14.3. The van der Waals surface area contributed by atoms with Crippen molar-refractivity contribution in [1.82, 2.24) is 15.3 Å². The first-order chi connectivity index (χ1) is 14.2. The molecule has 150 valence electrons. The molecular formula is C22H24FN5O. The van der Waals surface area contributed by atoms with Crippen molar-refractivity contribution in [2.45, 2.75) is 19.4 Å². The van der Waals surface area contributed by atoms with Gasteiger partial charge < -0.3 is 20.1 Å². The minimum absolute atomic E-state index is 0.210. The summed E-state index contributed by atoms with van der Waals surface area (Å²) in [5.74, 6) is 0.620. The predicted octanol–water partition coefficient (Wildman–Crippen LogP) is 2.42. The Labute approximate surface area is 168 Å². The number of nitrogens with zero attached hydrogens (tertiary/aromatic N) is 3. The van der Waals surface area contributed by atoms with E-state index in [0.29, 0.717) is 11.9 Å². The Bertz CT molecular complexity index is 1110. The van der Waals surface area contributed by atoms with Gasteiger partial charge in [0.1, 0.15) is 11.6 Å². The SMILES string of the molecule is O=c1nc(N2CCNCC2)c2c([nH]1)CN(c1cccc3c(F)cccc13)CCC2. The summed E-state index contributed by atoms with van der Waals surface area (Å²) in [6.07, 6.45) is 1.82. The van der Waals surface area contributed by atoms with E-state index in [1.165, 1.54) is 6.07 Å². The van der Waals surface area contributed by atoms with E-state index in [1.807, 2.05) is 24.3 Å². The lowest BCUT2D eigenvalue weighted by molar-refractivity contribution is 0.581. The van der Waals surface area contributed by atoms with Crippen LogP contribution in [0.15, 0.2) is 41.2 Å². The summed E-state index contributed by atoms with van der Waals surface area (Å²) in [6.45, 7) is 4.94. The molecule has 0 radical (unpaired) electrons. The lowest BCUT2D eigenvalue weighted by atomic mass is 10.1. The van der Waals surface area contributed by atoms with Gasteiger partial charge in [-0.3, -0.25) is 0 Å². The molecule has 2 N–H and O–H groups in total. The molecule has 29 heavy (non-hydrogen) atoms. The smallest absolute Gasteiger partial charge is 0.347 e. The van der Waals surface area contributed by atoms with Gasteiger partial charge in [0.05, 0.1) is 6.54 Å². The summed E-state index contributed by atoms with van der Waals surface area (Å²) in [5.41, 5.74) is 2.75. The van der Waals surface area contributed by atoms with Crippen LogP contribution >= 0.6 is 0 Å². The standard InChI is InChI=1S/C22H24FN5O/c23-18-7-1-5-16-15(18)4-2-8-20(16)28-11-3-6-17-19(14-28)25-22(29)26-21(17)27-12-9-24-10-13-27/h1-2,4-5,7-8,24H,3,6,9-14H2,(H,25,26,29). The fourth-order valence-corrected chi connectivity index (χ4v) is 4.52. The molecule has 1 aromatic heterocycles. The van der Waals surface area contributed by atoms with E-state index in [9.17, 15) is 9.18 Å². The van der Waals surface area contributed by atoms with Crippen molar-refractivity contribution in [1.29, 1.82) is 0 Å². The van der Waals surface area contributed by atoms with E-state index in [4.69, 9.17) is 0 Å². The molecule has 2 aliphatic rings. The third-order valence-electron chi connectivity index (χ3n) is 5.91. The number of piperazine rings is 1. The zero-order chi connectivity index (χ0) is 19.8. The molecule has 2 aliphatic heterocycles. The number of aromatic amines is 1. The first-order valence-corrected chi connectivity index (χ1v) is 10.2. The fourth-order valence-electron chi connectivity index (χ4n) is 4.52. The fraction of sp³-hybridized carbons (Fsp3) is 0.364. The molecule has 2 aromatic carbocycles. The van der Waals surface area contributed by atoms with Gasteiger partial charge in [-0.05, 0) is 25.0 Å². The molecule has 0 atom stereocenters. The second-order valence-corrected chi connectivity index (χ2v) is 7.70. The molecular weight excluding hydrogens is 369 g/mol. The van der Waals surface area contributed by atoms with Crippen molar-refractivity contribution in [2.75, 3.05) is 42.5 Å². The number of rotatable bonds is 2. The average molecular weight is 393 g/mol. The number of aromatic nitrogens is 2. The molecule has 3 heterocycles. The first-order valence-electron chi connectivity index (χ1n) is 10.2. The van der Waals surface area contributed by atoms with Crippen LogP contribution in [-0.4, -0.2) is 42.7 Å². The van der Waals surface area contributed by atoms with Crippen LogP contribution in [0.5, 0.6) is 0 Å². The number of nitrogens with one attached hydrogen (secondary N) is 2. The Morgan fingerprint density at radius 1 is 0.966 bits per heavy atom. The van der Waals surface area contributed by atoms with E-state index in [0.717, 1.165) is 73.7 Å². The zero-order valence-electron chi connectivity index (χ0n) is 16.2. The van der Waals surface area contributed by atoms with E-state index >= 15 is 0 Å². The minimum Gasteiger partial charge on any atom is -0.365 e. The van der Waals surface area contributed by atoms with Crippen LogP contribution in [0.1, 0.15) is 17.7 Å². The third kappa shape index (κ3) is 3.35. The Morgan fingerprint density at radius 2 is 1.76 bits per heavy atom. The van der Waals surface area contributed by atoms with Crippen molar-refractivity contribution < 1.29 is 4.39 Å². The highest BCUT2D eigenvalue weighted by molar-refractivity contribution is 5.94. The van der Waals surface area contributed by atoms with Crippen LogP contribution in [0, 0.1) is 5.82 Å². The van der Waals surface area contributed by atoms with Crippen molar-refractivity contribution >= 4 is 22.3 Å². The van der Waals surface area contributed by atoms with Crippen LogP contribution in [0.2, 0.25) is 0 Å². The molecule has 0 bridgehead atoms. The van der Waals surface area contributed by atoms with Gasteiger partial charge in [-0.25, -0.2) is 9.18 Å². The van der Waals surface area contributed by atoms with Gasteiger partial charge in [-0.2, -0.15) is 4.98 Å². The lowest BCUT2D eigenvalue weighted by Gasteiger charge is -2.30. The van der Waals surface area contributed by atoms with Gasteiger partial charge in [0.25, 0.3) is 0 Å². The van der Waals surface area contributed by atoms with Crippen molar-refractivity contribution in [3.8, 4) is 0 Å². The summed E-state index contributed by atoms with van der Waals surface area (Å²) in [4.78, 5) is 24.1. The van der Waals surface area contributed by atoms with Crippen molar-refractivity contribution in [3.63, 3.8) is 0 Å². The quantitative estimate of drug-likeness (QED) is 0.700. The third-order valence-corrected chi connectivity index (χ3v) is 5.91. The first kappa shape index (κ1) is 18.1. The summed E-state index contributed by atoms with van der Waals surface area (Å²) in [5, 5.41) is 4.87. The maximum Gasteiger partial charge on any atom is 0.347 e. The Balaban J connectivity index is 1.56. The van der Waals surface area contributed by atoms with Crippen LogP contribution in [0.25, 0.3) is 10.8 Å². The van der Waals surface area contributed by atoms with Crippen LogP contribution in [-0.2, 0) is 13.0 Å². The number of hydrogen-bond donors (Lipinski definition) is 2. The largest absolute Gasteiger partial charge is 0.365 e. The monoisotopic (exact) mass is 393 g/mol. The van der Waals surface area contributed by atoms with E-state index in [-0.39, 0.29) is 11.5 Å². The number of benzene rings is 2. The molecule has 5 rings (SSSR count). The molecule has 0 amide bonds. The lowest BCUT2D eigenvalue weighted by Crippen LogP contribution is -2.45. The molecule has 6 nitrogen and oxygen atoms in total. The average Bonchev–Trinajstić information content (AvgIpc) is 2.96. The Hall–Kier alpha value is -2.93. The van der Waals surface area contributed by atoms with Gasteiger partial charge in [0.15, 0.2) is 0 Å². The maximum absolute atomic E-state index is 14.3. The van der Waals surface area contributed by atoms with Crippen LogP contribution < -0.4 is 20.8 Å². The normalized spacial score (nSPS) is 17.3. The summed E-state index contributed by atoms with van der Waals surface area (Å²) >= 11 is 0. The van der Waals surface area contributed by atoms with E-state index < -0.39 is 0 Å². The van der Waals surface area contributed by atoms with E-state index in [1.54, 1.807) is 6.07 Å². The highest BCUT2D eigenvalue weighted by atomic mass is 19.1. The van der Waals surface area contributed by atoms with Gasteiger partial charge in [0.2, 0.25) is 0 Å². The Morgan fingerprint density at radius 3 is 2.62 bits per heavy atom. The molecule has 0 aliphatic carbocycles. The zero-order valence-corrected chi connectivity index (χ0v) is 16.2. The van der Waals surface area contributed by atoms with Gasteiger partial charge in [0, 0.05) is 60.4 Å². The number of hydrogen-bond acceptors (Lipinski definition) is 5. The Kier molecular flexibility index (Phi) is 4.67. The molecule has 1 saturated heterocycles. The molecule has 0 spiro atoms. The number of anilines is 2. The number of fused-ring (bicyclic) bond motifs is 2. The van der Waals surface area contributed by atoms with Crippen LogP contribution in [0.4, 0.5) is 15.9 Å².